The monoisotopic (exact) mass is 390 g/mol. The van der Waals surface area contributed by atoms with Crippen LogP contribution < -0.4 is 14.4 Å². The van der Waals surface area contributed by atoms with Gasteiger partial charge < -0.3 is 14.4 Å². The number of halogens is 1. The molecule has 0 N–H and O–H groups in total. The Labute approximate surface area is 152 Å². The summed E-state index contributed by atoms with van der Waals surface area (Å²) in [7, 11) is 1.71. The summed E-state index contributed by atoms with van der Waals surface area (Å²) in [6.45, 7) is 5.85. The number of methoxy groups -OCH3 is 1. The van der Waals surface area contributed by atoms with E-state index in [1.807, 2.05) is 36.4 Å². The van der Waals surface area contributed by atoms with Crippen molar-refractivity contribution in [3.8, 4) is 11.5 Å². The van der Waals surface area contributed by atoms with E-state index in [1.54, 1.807) is 7.11 Å². The molecule has 0 aliphatic carbocycles. The standard InChI is InChI=1S/C19H23BrN2O2/c1-23-18-6-3-5-17(15-18)22-10-8-21(9-11-22)12-13-24-19-7-2-4-16(20)14-19/h2-7,14-15H,8-13H2,1H3. The zero-order valence-electron chi connectivity index (χ0n) is 14.0. The van der Waals surface area contributed by atoms with Crippen LogP contribution in [0, 0.1) is 0 Å². The van der Waals surface area contributed by atoms with Gasteiger partial charge in [0.1, 0.15) is 18.1 Å². The summed E-state index contributed by atoms with van der Waals surface area (Å²) in [6.07, 6.45) is 0. The highest BCUT2D eigenvalue weighted by atomic mass is 79.9. The fourth-order valence-corrected chi connectivity index (χ4v) is 3.26. The first-order valence-corrected chi connectivity index (χ1v) is 9.03. The molecule has 128 valence electrons. The van der Waals surface area contributed by atoms with E-state index in [0.29, 0.717) is 0 Å². The summed E-state index contributed by atoms with van der Waals surface area (Å²) in [6, 6.07) is 16.3. The van der Waals surface area contributed by atoms with Gasteiger partial charge in [0.15, 0.2) is 0 Å². The molecule has 2 aromatic carbocycles. The highest BCUT2D eigenvalue weighted by Crippen LogP contribution is 2.22. The number of piperazine rings is 1. The summed E-state index contributed by atoms with van der Waals surface area (Å²) >= 11 is 3.46. The van der Waals surface area contributed by atoms with Crippen LogP contribution in [-0.4, -0.2) is 51.3 Å². The molecule has 0 saturated carbocycles. The third-order valence-corrected chi connectivity index (χ3v) is 4.76. The molecule has 1 fully saturated rings. The normalized spacial score (nSPS) is 15.3. The second kappa shape index (κ2) is 8.40. The van der Waals surface area contributed by atoms with Crippen molar-refractivity contribution in [2.75, 3.05) is 51.3 Å². The summed E-state index contributed by atoms with van der Waals surface area (Å²) in [5, 5.41) is 0. The van der Waals surface area contributed by atoms with Gasteiger partial charge >= 0.3 is 0 Å². The lowest BCUT2D eigenvalue weighted by Crippen LogP contribution is -2.47. The predicted molar refractivity (Wildman–Crippen MR) is 101 cm³/mol. The largest absolute Gasteiger partial charge is 0.497 e. The number of rotatable bonds is 6. The van der Waals surface area contributed by atoms with Crippen LogP contribution >= 0.6 is 15.9 Å². The molecule has 3 rings (SSSR count). The lowest BCUT2D eigenvalue weighted by Gasteiger charge is -2.36. The van der Waals surface area contributed by atoms with E-state index in [1.165, 1.54) is 5.69 Å². The summed E-state index contributed by atoms with van der Waals surface area (Å²) < 4.78 is 12.2. The van der Waals surface area contributed by atoms with Crippen molar-refractivity contribution in [3.63, 3.8) is 0 Å². The highest BCUT2D eigenvalue weighted by Gasteiger charge is 2.17. The Hall–Kier alpha value is -1.72. The number of hydrogen-bond acceptors (Lipinski definition) is 4. The Kier molecular flexibility index (Phi) is 5.99. The van der Waals surface area contributed by atoms with Gasteiger partial charge in [0.25, 0.3) is 0 Å². The van der Waals surface area contributed by atoms with E-state index in [-0.39, 0.29) is 0 Å². The van der Waals surface area contributed by atoms with Crippen LogP contribution in [-0.2, 0) is 0 Å². The van der Waals surface area contributed by atoms with Gasteiger partial charge in [-0.15, -0.1) is 0 Å². The third-order valence-electron chi connectivity index (χ3n) is 4.26. The first-order valence-electron chi connectivity index (χ1n) is 8.24. The fraction of sp³-hybridized carbons (Fsp3) is 0.368. The molecule has 1 aliphatic heterocycles. The van der Waals surface area contributed by atoms with Crippen molar-refractivity contribution in [2.24, 2.45) is 0 Å². The van der Waals surface area contributed by atoms with Crippen molar-refractivity contribution in [3.05, 3.63) is 53.0 Å². The van der Waals surface area contributed by atoms with Crippen molar-refractivity contribution in [1.82, 2.24) is 4.90 Å². The van der Waals surface area contributed by atoms with Crippen molar-refractivity contribution >= 4 is 21.6 Å². The molecule has 0 radical (unpaired) electrons. The zero-order chi connectivity index (χ0) is 16.8. The molecule has 0 bridgehead atoms. The van der Waals surface area contributed by atoms with Crippen LogP contribution in [0.3, 0.4) is 0 Å². The Bertz CT molecular complexity index is 657. The van der Waals surface area contributed by atoms with E-state index in [0.717, 1.165) is 55.3 Å². The summed E-state index contributed by atoms with van der Waals surface area (Å²) in [5.74, 6) is 1.83. The molecule has 4 nitrogen and oxygen atoms in total. The van der Waals surface area contributed by atoms with Gasteiger partial charge in [-0.05, 0) is 30.3 Å². The van der Waals surface area contributed by atoms with E-state index in [2.05, 4.69) is 37.9 Å². The highest BCUT2D eigenvalue weighted by molar-refractivity contribution is 9.10. The topological polar surface area (TPSA) is 24.9 Å². The molecule has 0 aromatic heterocycles. The van der Waals surface area contributed by atoms with Crippen LogP contribution in [0.5, 0.6) is 11.5 Å². The smallest absolute Gasteiger partial charge is 0.120 e. The van der Waals surface area contributed by atoms with Crippen molar-refractivity contribution in [2.45, 2.75) is 0 Å². The van der Waals surface area contributed by atoms with Gasteiger partial charge in [0, 0.05) is 49.0 Å². The van der Waals surface area contributed by atoms with Gasteiger partial charge in [0.05, 0.1) is 7.11 Å². The Morgan fingerprint density at radius 2 is 1.71 bits per heavy atom. The lowest BCUT2D eigenvalue weighted by atomic mass is 10.2. The third kappa shape index (κ3) is 4.65. The minimum atomic E-state index is 0.718. The Morgan fingerprint density at radius 3 is 2.46 bits per heavy atom. The quantitative estimate of drug-likeness (QED) is 0.751. The first-order chi connectivity index (χ1) is 11.7. The van der Waals surface area contributed by atoms with Crippen LogP contribution in [0.1, 0.15) is 0 Å². The maximum Gasteiger partial charge on any atom is 0.120 e. The fourth-order valence-electron chi connectivity index (χ4n) is 2.89. The molecule has 1 aliphatic rings. The molecular weight excluding hydrogens is 368 g/mol. The van der Waals surface area contributed by atoms with Crippen molar-refractivity contribution < 1.29 is 9.47 Å². The molecule has 1 heterocycles. The average molecular weight is 391 g/mol. The maximum atomic E-state index is 5.83. The maximum absolute atomic E-state index is 5.83. The minimum Gasteiger partial charge on any atom is -0.497 e. The van der Waals surface area contributed by atoms with Crippen LogP contribution in [0.2, 0.25) is 0 Å². The van der Waals surface area contributed by atoms with Gasteiger partial charge in [-0.3, -0.25) is 4.90 Å². The van der Waals surface area contributed by atoms with Gasteiger partial charge in [-0.2, -0.15) is 0 Å². The number of benzene rings is 2. The molecule has 1 saturated heterocycles. The van der Waals surface area contributed by atoms with Gasteiger partial charge in [-0.1, -0.05) is 28.1 Å². The molecule has 24 heavy (non-hydrogen) atoms. The lowest BCUT2D eigenvalue weighted by molar-refractivity contribution is 0.200. The van der Waals surface area contributed by atoms with Crippen LogP contribution in [0.25, 0.3) is 0 Å². The van der Waals surface area contributed by atoms with E-state index < -0.39 is 0 Å². The Balaban J connectivity index is 1.43. The first kappa shape index (κ1) is 17.1. The van der Waals surface area contributed by atoms with Crippen LogP contribution in [0.15, 0.2) is 53.0 Å². The number of ether oxygens (including phenoxy) is 2. The molecule has 5 heteroatoms. The predicted octanol–water partition coefficient (Wildman–Crippen LogP) is 3.66. The molecule has 0 spiro atoms. The van der Waals surface area contributed by atoms with Crippen LogP contribution in [0.4, 0.5) is 5.69 Å². The van der Waals surface area contributed by atoms with E-state index in [4.69, 9.17) is 9.47 Å². The molecule has 2 aromatic rings. The summed E-state index contributed by atoms with van der Waals surface area (Å²) in [4.78, 5) is 4.86. The SMILES string of the molecule is COc1cccc(N2CCN(CCOc3cccc(Br)c3)CC2)c1. The number of anilines is 1. The second-order valence-corrected chi connectivity index (χ2v) is 6.75. The second-order valence-electron chi connectivity index (χ2n) is 5.84. The summed E-state index contributed by atoms with van der Waals surface area (Å²) in [5.41, 5.74) is 1.24. The molecular formula is C19H23BrN2O2. The molecule has 0 atom stereocenters. The Morgan fingerprint density at radius 1 is 0.958 bits per heavy atom. The average Bonchev–Trinajstić information content (AvgIpc) is 2.62. The number of hydrogen-bond donors (Lipinski definition) is 0. The molecule has 0 amide bonds. The zero-order valence-corrected chi connectivity index (χ0v) is 15.5. The van der Waals surface area contributed by atoms with Gasteiger partial charge in [-0.25, -0.2) is 0 Å². The molecule has 0 unspecified atom stereocenters. The van der Waals surface area contributed by atoms with Gasteiger partial charge in [0.2, 0.25) is 0 Å². The van der Waals surface area contributed by atoms with E-state index in [9.17, 15) is 0 Å². The van der Waals surface area contributed by atoms with E-state index >= 15 is 0 Å². The van der Waals surface area contributed by atoms with Crippen molar-refractivity contribution in [1.29, 1.82) is 0 Å². The number of nitrogens with zero attached hydrogens (tertiary/aromatic N) is 2. The minimum absolute atomic E-state index is 0.718.